The highest BCUT2D eigenvalue weighted by atomic mass is 16.5. The van der Waals surface area contributed by atoms with E-state index in [2.05, 4.69) is 16.3 Å². The lowest BCUT2D eigenvalue weighted by molar-refractivity contribution is -0.914. The van der Waals surface area contributed by atoms with Gasteiger partial charge in [0.25, 0.3) is 5.91 Å². The second-order valence-corrected chi connectivity index (χ2v) is 6.32. The highest BCUT2D eigenvalue weighted by molar-refractivity contribution is 5.80. The molecule has 0 aromatic heterocycles. The molecular weight excluding hydrogens is 278 g/mol. The summed E-state index contributed by atoms with van der Waals surface area (Å²) in [7, 11) is 1.71. The number of para-hydroxylation sites is 2. The summed E-state index contributed by atoms with van der Waals surface area (Å²) >= 11 is 0. The molecule has 2 N–H and O–H groups in total. The predicted molar refractivity (Wildman–Crippen MR) is 86.5 cm³/mol. The highest BCUT2D eigenvalue weighted by Gasteiger charge is 2.32. The van der Waals surface area contributed by atoms with Crippen molar-refractivity contribution in [3.63, 3.8) is 0 Å². The Hall–Kier alpha value is -1.75. The molecule has 1 saturated heterocycles. The minimum atomic E-state index is 0.0421. The molecule has 1 aromatic rings. The van der Waals surface area contributed by atoms with E-state index in [1.165, 1.54) is 4.90 Å². The van der Waals surface area contributed by atoms with Crippen molar-refractivity contribution in [3.05, 3.63) is 24.3 Å². The molecule has 0 unspecified atom stereocenters. The van der Waals surface area contributed by atoms with Gasteiger partial charge < -0.3 is 19.9 Å². The molecule has 0 radical (unpaired) electrons. The molecule has 2 fully saturated rings. The van der Waals surface area contributed by atoms with Crippen LogP contribution in [0.5, 0.6) is 5.75 Å². The first kappa shape index (κ1) is 15.2. The maximum Gasteiger partial charge on any atom is 0.278 e. The van der Waals surface area contributed by atoms with Crippen LogP contribution in [0, 0.1) is 0 Å². The Balaban J connectivity index is 1.56. The van der Waals surface area contributed by atoms with Crippen LogP contribution in [0.25, 0.3) is 0 Å². The number of piperazine rings is 1. The van der Waals surface area contributed by atoms with Gasteiger partial charge in [-0.15, -0.1) is 0 Å². The van der Waals surface area contributed by atoms with Gasteiger partial charge in [-0.1, -0.05) is 12.1 Å². The standard InChI is InChI=1S/C17H25N3O2/c1-13(17(21)18-14-7-8-14)19-9-11-20(12-10-19)15-5-3-4-6-16(15)22-2/h3-6,13-14H,7-12H2,1-2H3,(H,18,21)/p+1/t13-/m1/s1. The van der Waals surface area contributed by atoms with E-state index in [9.17, 15) is 4.79 Å². The number of quaternary nitrogens is 1. The monoisotopic (exact) mass is 304 g/mol. The smallest absolute Gasteiger partial charge is 0.278 e. The topological polar surface area (TPSA) is 46.0 Å². The maximum absolute atomic E-state index is 12.2. The Bertz CT molecular complexity index is 522. The van der Waals surface area contributed by atoms with E-state index >= 15 is 0 Å². The maximum atomic E-state index is 12.2. The molecule has 1 aliphatic carbocycles. The largest absolute Gasteiger partial charge is 0.495 e. The number of anilines is 1. The van der Waals surface area contributed by atoms with Gasteiger partial charge in [-0.3, -0.25) is 4.79 Å². The van der Waals surface area contributed by atoms with Crippen molar-refractivity contribution >= 4 is 11.6 Å². The lowest BCUT2D eigenvalue weighted by Crippen LogP contribution is -3.19. The van der Waals surface area contributed by atoms with Gasteiger partial charge in [0.15, 0.2) is 6.04 Å². The van der Waals surface area contributed by atoms with Gasteiger partial charge in [-0.05, 0) is 31.9 Å². The van der Waals surface area contributed by atoms with Crippen LogP contribution in [0.15, 0.2) is 24.3 Å². The van der Waals surface area contributed by atoms with Crippen molar-refractivity contribution in [2.24, 2.45) is 0 Å². The van der Waals surface area contributed by atoms with Gasteiger partial charge in [-0.25, -0.2) is 0 Å². The Morgan fingerprint density at radius 2 is 2.00 bits per heavy atom. The third-order valence-corrected chi connectivity index (χ3v) is 4.76. The molecule has 1 aliphatic heterocycles. The number of hydrogen-bond donors (Lipinski definition) is 2. The van der Waals surface area contributed by atoms with Crippen LogP contribution in [0.2, 0.25) is 0 Å². The number of carbonyl (C=O) groups excluding carboxylic acids is 1. The van der Waals surface area contributed by atoms with E-state index < -0.39 is 0 Å². The molecule has 22 heavy (non-hydrogen) atoms. The van der Waals surface area contributed by atoms with Gasteiger partial charge in [0, 0.05) is 6.04 Å². The van der Waals surface area contributed by atoms with Crippen LogP contribution in [0.1, 0.15) is 19.8 Å². The highest BCUT2D eigenvalue weighted by Crippen LogP contribution is 2.27. The summed E-state index contributed by atoms with van der Waals surface area (Å²) in [4.78, 5) is 15.9. The zero-order valence-corrected chi connectivity index (χ0v) is 13.5. The Labute approximate surface area is 132 Å². The summed E-state index contributed by atoms with van der Waals surface area (Å²) < 4.78 is 5.45. The van der Waals surface area contributed by atoms with Crippen molar-refractivity contribution in [1.29, 1.82) is 0 Å². The Morgan fingerprint density at radius 3 is 2.64 bits per heavy atom. The molecule has 1 heterocycles. The van der Waals surface area contributed by atoms with Crippen LogP contribution in [-0.4, -0.2) is 51.3 Å². The second-order valence-electron chi connectivity index (χ2n) is 6.32. The predicted octanol–water partition coefficient (Wildman–Crippen LogP) is 0.0672. The summed E-state index contributed by atoms with van der Waals surface area (Å²) in [5, 5.41) is 3.12. The first-order valence-electron chi connectivity index (χ1n) is 8.22. The second kappa shape index (κ2) is 6.57. The van der Waals surface area contributed by atoms with Crippen LogP contribution >= 0.6 is 0 Å². The first-order chi connectivity index (χ1) is 10.7. The van der Waals surface area contributed by atoms with Crippen molar-refractivity contribution < 1.29 is 14.4 Å². The number of methoxy groups -OCH3 is 1. The summed E-state index contributed by atoms with van der Waals surface area (Å²) in [6.07, 6.45) is 2.30. The number of benzene rings is 1. The number of hydrogen-bond acceptors (Lipinski definition) is 3. The average Bonchev–Trinajstić information content (AvgIpc) is 3.38. The molecule has 1 saturated carbocycles. The lowest BCUT2D eigenvalue weighted by Gasteiger charge is -2.36. The molecule has 3 rings (SSSR count). The average molecular weight is 304 g/mol. The molecule has 1 amide bonds. The molecule has 1 atom stereocenters. The van der Waals surface area contributed by atoms with E-state index in [0.717, 1.165) is 50.5 Å². The van der Waals surface area contributed by atoms with Crippen LogP contribution < -0.4 is 19.9 Å². The van der Waals surface area contributed by atoms with Crippen LogP contribution in [0.4, 0.5) is 5.69 Å². The number of ether oxygens (including phenoxy) is 1. The van der Waals surface area contributed by atoms with Crippen molar-refractivity contribution in [2.45, 2.75) is 31.8 Å². The minimum absolute atomic E-state index is 0.0421. The normalized spacial score (nSPS) is 20.5. The third-order valence-electron chi connectivity index (χ3n) is 4.76. The number of amides is 1. The Kier molecular flexibility index (Phi) is 4.52. The SMILES string of the molecule is COc1ccccc1N1CC[NH+]([C@H](C)C(=O)NC2CC2)CC1. The summed E-state index contributed by atoms with van der Waals surface area (Å²) in [5.74, 6) is 1.13. The van der Waals surface area contributed by atoms with E-state index in [4.69, 9.17) is 4.74 Å². The summed E-state index contributed by atoms with van der Waals surface area (Å²) in [6.45, 7) is 5.92. The van der Waals surface area contributed by atoms with Gasteiger partial charge >= 0.3 is 0 Å². The molecule has 120 valence electrons. The third kappa shape index (κ3) is 3.35. The summed E-state index contributed by atoms with van der Waals surface area (Å²) in [5.41, 5.74) is 1.15. The first-order valence-corrected chi connectivity index (χ1v) is 8.22. The fourth-order valence-electron chi connectivity index (χ4n) is 3.10. The zero-order valence-electron chi connectivity index (χ0n) is 13.5. The zero-order chi connectivity index (χ0) is 15.5. The lowest BCUT2D eigenvalue weighted by atomic mass is 10.2. The van der Waals surface area contributed by atoms with E-state index in [-0.39, 0.29) is 11.9 Å². The van der Waals surface area contributed by atoms with Crippen molar-refractivity contribution in [1.82, 2.24) is 5.32 Å². The van der Waals surface area contributed by atoms with Gasteiger partial charge in [0.1, 0.15) is 5.75 Å². The molecule has 5 nitrogen and oxygen atoms in total. The van der Waals surface area contributed by atoms with Crippen LogP contribution in [-0.2, 0) is 4.79 Å². The number of nitrogens with one attached hydrogen (secondary N) is 2. The molecule has 5 heteroatoms. The number of rotatable bonds is 5. The van der Waals surface area contributed by atoms with E-state index in [1.807, 2.05) is 25.1 Å². The van der Waals surface area contributed by atoms with Gasteiger partial charge in [0.05, 0.1) is 39.0 Å². The fourth-order valence-corrected chi connectivity index (χ4v) is 3.10. The quantitative estimate of drug-likeness (QED) is 0.809. The van der Waals surface area contributed by atoms with Crippen molar-refractivity contribution in [3.8, 4) is 5.75 Å². The van der Waals surface area contributed by atoms with Crippen molar-refractivity contribution in [2.75, 3.05) is 38.2 Å². The minimum Gasteiger partial charge on any atom is -0.495 e. The van der Waals surface area contributed by atoms with E-state index in [0.29, 0.717) is 6.04 Å². The molecule has 0 bridgehead atoms. The van der Waals surface area contributed by atoms with Gasteiger partial charge in [-0.2, -0.15) is 0 Å². The van der Waals surface area contributed by atoms with Gasteiger partial charge in [0.2, 0.25) is 0 Å². The van der Waals surface area contributed by atoms with Crippen LogP contribution in [0.3, 0.4) is 0 Å². The number of nitrogens with zero attached hydrogens (tertiary/aromatic N) is 1. The molecule has 2 aliphatic rings. The molecular formula is C17H26N3O2+. The Morgan fingerprint density at radius 1 is 1.32 bits per heavy atom. The van der Waals surface area contributed by atoms with E-state index in [1.54, 1.807) is 7.11 Å². The number of carbonyl (C=O) groups is 1. The fraction of sp³-hybridized carbons (Fsp3) is 0.588. The molecule has 1 aromatic carbocycles. The summed E-state index contributed by atoms with van der Waals surface area (Å²) in [6, 6.07) is 8.63. The molecule has 0 spiro atoms.